The number of imide groups is 1. The number of rotatable bonds is 1. The molecular formula is C9H14N2O3. The SMILES string of the molecule is O=C1NC(=O)[C@@H](C2CCC(O)CC2)N1. The van der Waals surface area contributed by atoms with E-state index < -0.39 is 6.03 Å². The third-order valence-corrected chi connectivity index (χ3v) is 3.02. The van der Waals surface area contributed by atoms with E-state index in [0.717, 1.165) is 25.7 Å². The van der Waals surface area contributed by atoms with Crippen LogP contribution in [0, 0.1) is 5.92 Å². The van der Waals surface area contributed by atoms with Crippen LogP contribution in [0.3, 0.4) is 0 Å². The maximum Gasteiger partial charge on any atom is 0.322 e. The van der Waals surface area contributed by atoms with Gasteiger partial charge in [-0.3, -0.25) is 10.1 Å². The standard InChI is InChI=1S/C9H14N2O3/c12-6-3-1-5(2-4-6)7-8(13)11-9(14)10-7/h5-7,12H,1-4H2,(H2,10,11,13,14)/t5?,6?,7-/m1/s1. The molecule has 5 heteroatoms. The van der Waals surface area contributed by atoms with Gasteiger partial charge in [0.15, 0.2) is 0 Å². The number of carbonyl (C=O) groups is 2. The molecule has 3 amide bonds. The Morgan fingerprint density at radius 2 is 1.79 bits per heavy atom. The van der Waals surface area contributed by atoms with Crippen molar-refractivity contribution in [2.45, 2.75) is 37.8 Å². The van der Waals surface area contributed by atoms with Gasteiger partial charge in [-0.2, -0.15) is 0 Å². The van der Waals surface area contributed by atoms with Crippen LogP contribution in [0.5, 0.6) is 0 Å². The first kappa shape index (κ1) is 9.45. The third kappa shape index (κ3) is 1.72. The lowest BCUT2D eigenvalue weighted by Gasteiger charge is -2.28. The number of urea groups is 1. The Balaban J connectivity index is 1.95. The highest BCUT2D eigenvalue weighted by molar-refractivity contribution is 6.04. The van der Waals surface area contributed by atoms with Gasteiger partial charge in [0.1, 0.15) is 6.04 Å². The first-order chi connectivity index (χ1) is 6.66. The van der Waals surface area contributed by atoms with E-state index in [1.165, 1.54) is 0 Å². The Morgan fingerprint density at radius 3 is 2.29 bits per heavy atom. The Bertz CT molecular complexity index is 259. The summed E-state index contributed by atoms with van der Waals surface area (Å²) in [7, 11) is 0. The number of hydrogen-bond donors (Lipinski definition) is 3. The minimum absolute atomic E-state index is 0.185. The Labute approximate surface area is 81.9 Å². The van der Waals surface area contributed by atoms with Gasteiger partial charge in [-0.25, -0.2) is 4.79 Å². The summed E-state index contributed by atoms with van der Waals surface area (Å²) in [5, 5.41) is 14.1. The molecule has 0 aromatic rings. The molecule has 5 nitrogen and oxygen atoms in total. The van der Waals surface area contributed by atoms with Gasteiger partial charge in [-0.1, -0.05) is 0 Å². The zero-order valence-electron chi connectivity index (χ0n) is 7.82. The first-order valence-electron chi connectivity index (χ1n) is 4.96. The Morgan fingerprint density at radius 1 is 1.14 bits per heavy atom. The third-order valence-electron chi connectivity index (χ3n) is 3.02. The number of amides is 3. The van der Waals surface area contributed by atoms with E-state index in [-0.39, 0.29) is 24.0 Å². The summed E-state index contributed by atoms with van der Waals surface area (Å²) in [5.41, 5.74) is 0. The minimum atomic E-state index is -0.397. The van der Waals surface area contributed by atoms with E-state index in [1.54, 1.807) is 0 Å². The number of hydrogen-bond acceptors (Lipinski definition) is 3. The monoisotopic (exact) mass is 198 g/mol. The van der Waals surface area contributed by atoms with E-state index in [9.17, 15) is 14.7 Å². The minimum Gasteiger partial charge on any atom is -0.393 e. The van der Waals surface area contributed by atoms with Gasteiger partial charge in [-0.05, 0) is 31.6 Å². The zero-order valence-corrected chi connectivity index (χ0v) is 7.82. The van der Waals surface area contributed by atoms with Gasteiger partial charge in [-0.15, -0.1) is 0 Å². The fraction of sp³-hybridized carbons (Fsp3) is 0.778. The van der Waals surface area contributed by atoms with Gasteiger partial charge in [0.2, 0.25) is 0 Å². The molecule has 2 fully saturated rings. The molecule has 0 unspecified atom stereocenters. The summed E-state index contributed by atoms with van der Waals surface area (Å²) in [4.78, 5) is 22.2. The molecule has 0 spiro atoms. The molecule has 1 heterocycles. The molecule has 0 bridgehead atoms. The number of aliphatic hydroxyl groups is 1. The van der Waals surface area contributed by atoms with Gasteiger partial charge < -0.3 is 10.4 Å². The van der Waals surface area contributed by atoms with E-state index in [4.69, 9.17) is 0 Å². The van der Waals surface area contributed by atoms with Crippen LogP contribution >= 0.6 is 0 Å². The second-order valence-electron chi connectivity index (χ2n) is 4.01. The molecule has 1 aliphatic heterocycles. The van der Waals surface area contributed by atoms with Crippen LogP contribution in [0.15, 0.2) is 0 Å². The van der Waals surface area contributed by atoms with Crippen molar-refractivity contribution in [1.82, 2.24) is 10.6 Å². The van der Waals surface area contributed by atoms with Crippen LogP contribution < -0.4 is 10.6 Å². The van der Waals surface area contributed by atoms with E-state index >= 15 is 0 Å². The second kappa shape index (κ2) is 3.57. The van der Waals surface area contributed by atoms with Gasteiger partial charge in [0, 0.05) is 0 Å². The predicted molar refractivity (Wildman–Crippen MR) is 48.4 cm³/mol. The highest BCUT2D eigenvalue weighted by atomic mass is 16.3. The van der Waals surface area contributed by atoms with Crippen molar-refractivity contribution in [2.75, 3.05) is 0 Å². The van der Waals surface area contributed by atoms with E-state index in [2.05, 4.69) is 10.6 Å². The summed E-state index contributed by atoms with van der Waals surface area (Å²) in [6.45, 7) is 0. The molecule has 0 aromatic carbocycles. The largest absolute Gasteiger partial charge is 0.393 e. The number of carbonyl (C=O) groups excluding carboxylic acids is 2. The lowest BCUT2D eigenvalue weighted by atomic mass is 9.82. The normalized spacial score (nSPS) is 37.9. The van der Waals surface area contributed by atoms with Crippen LogP contribution in [0.4, 0.5) is 4.79 Å². The van der Waals surface area contributed by atoms with Crippen molar-refractivity contribution >= 4 is 11.9 Å². The lowest BCUT2D eigenvalue weighted by molar-refractivity contribution is -0.121. The average molecular weight is 198 g/mol. The van der Waals surface area contributed by atoms with E-state index in [1.807, 2.05) is 0 Å². The topological polar surface area (TPSA) is 78.4 Å². The van der Waals surface area contributed by atoms with Crippen molar-refractivity contribution in [3.05, 3.63) is 0 Å². The second-order valence-corrected chi connectivity index (χ2v) is 4.01. The predicted octanol–water partition coefficient (Wildman–Crippen LogP) is -0.255. The average Bonchev–Trinajstić information content (AvgIpc) is 2.47. The number of nitrogens with one attached hydrogen (secondary N) is 2. The Kier molecular flexibility index (Phi) is 2.41. The van der Waals surface area contributed by atoms with E-state index in [0.29, 0.717) is 0 Å². The summed E-state index contributed by atoms with van der Waals surface area (Å²) >= 11 is 0. The molecule has 1 atom stereocenters. The lowest BCUT2D eigenvalue weighted by Crippen LogP contribution is -2.39. The molecule has 2 rings (SSSR count). The quantitative estimate of drug-likeness (QED) is 0.508. The molecule has 1 aliphatic carbocycles. The Hall–Kier alpha value is -1.10. The first-order valence-corrected chi connectivity index (χ1v) is 4.96. The molecule has 3 N–H and O–H groups in total. The summed E-state index contributed by atoms with van der Waals surface area (Å²) in [5.74, 6) is -0.0405. The fourth-order valence-corrected chi connectivity index (χ4v) is 2.20. The highest BCUT2D eigenvalue weighted by Gasteiger charge is 2.37. The molecule has 1 saturated carbocycles. The van der Waals surface area contributed by atoms with Crippen molar-refractivity contribution in [3.63, 3.8) is 0 Å². The molecule has 1 saturated heterocycles. The van der Waals surface area contributed by atoms with Crippen LogP contribution in [0.25, 0.3) is 0 Å². The van der Waals surface area contributed by atoms with Crippen LogP contribution in [0.1, 0.15) is 25.7 Å². The van der Waals surface area contributed by atoms with Crippen LogP contribution in [-0.2, 0) is 4.79 Å². The molecular weight excluding hydrogens is 184 g/mol. The highest BCUT2D eigenvalue weighted by Crippen LogP contribution is 2.27. The van der Waals surface area contributed by atoms with Crippen molar-refractivity contribution in [3.8, 4) is 0 Å². The van der Waals surface area contributed by atoms with Crippen LogP contribution in [0.2, 0.25) is 0 Å². The van der Waals surface area contributed by atoms with Crippen molar-refractivity contribution < 1.29 is 14.7 Å². The molecule has 14 heavy (non-hydrogen) atoms. The summed E-state index contributed by atoms with van der Waals surface area (Å²) in [6, 6.07) is -0.777. The van der Waals surface area contributed by atoms with Crippen molar-refractivity contribution in [1.29, 1.82) is 0 Å². The fourth-order valence-electron chi connectivity index (χ4n) is 2.20. The van der Waals surface area contributed by atoms with Gasteiger partial charge in [0.25, 0.3) is 5.91 Å². The van der Waals surface area contributed by atoms with Gasteiger partial charge in [0.05, 0.1) is 6.10 Å². The number of aliphatic hydroxyl groups excluding tert-OH is 1. The zero-order chi connectivity index (χ0) is 10.1. The maximum absolute atomic E-state index is 11.3. The molecule has 0 radical (unpaired) electrons. The maximum atomic E-state index is 11.3. The van der Waals surface area contributed by atoms with Crippen LogP contribution in [-0.4, -0.2) is 29.2 Å². The summed E-state index contributed by atoms with van der Waals surface area (Å²) < 4.78 is 0. The molecule has 2 aliphatic rings. The van der Waals surface area contributed by atoms with Gasteiger partial charge >= 0.3 is 6.03 Å². The smallest absolute Gasteiger partial charge is 0.322 e. The molecule has 78 valence electrons. The van der Waals surface area contributed by atoms with Crippen molar-refractivity contribution in [2.24, 2.45) is 5.92 Å². The summed E-state index contributed by atoms with van der Waals surface area (Å²) in [6.07, 6.45) is 2.83. The molecule has 0 aromatic heterocycles.